The third kappa shape index (κ3) is 5.44. The van der Waals surface area contributed by atoms with E-state index < -0.39 is 12.0 Å². The van der Waals surface area contributed by atoms with E-state index in [1.165, 1.54) is 5.56 Å². The van der Waals surface area contributed by atoms with E-state index in [2.05, 4.69) is 23.9 Å². The number of carboxylic acids is 1. The molecule has 1 atom stereocenters. The van der Waals surface area contributed by atoms with Gasteiger partial charge in [0.05, 0.1) is 6.04 Å². The molecule has 0 fully saturated rings. The van der Waals surface area contributed by atoms with Gasteiger partial charge in [-0.25, -0.2) is 0 Å². The molecule has 0 bridgehead atoms. The Balaban J connectivity index is 2.79. The van der Waals surface area contributed by atoms with Crippen LogP contribution in [0, 0.1) is 5.92 Å². The lowest BCUT2D eigenvalue weighted by atomic mass is 9.98. The highest BCUT2D eigenvalue weighted by Gasteiger charge is 2.11. The Morgan fingerprint density at radius 1 is 1.37 bits per heavy atom. The molecule has 0 aromatic heterocycles. The van der Waals surface area contributed by atoms with Crippen molar-refractivity contribution in [2.24, 2.45) is 11.0 Å². The van der Waals surface area contributed by atoms with Gasteiger partial charge < -0.3 is 5.11 Å². The predicted octanol–water partition coefficient (Wildman–Crippen LogP) is 4.10. The molecule has 1 unspecified atom stereocenters. The van der Waals surface area contributed by atoms with Crippen molar-refractivity contribution < 1.29 is 9.90 Å². The quantitative estimate of drug-likeness (QED) is 0.455. The fourth-order valence-corrected chi connectivity index (χ4v) is 1.96. The zero-order valence-corrected chi connectivity index (χ0v) is 11.3. The van der Waals surface area contributed by atoms with Crippen molar-refractivity contribution in [1.29, 1.82) is 0 Å². The zero-order valence-electron chi connectivity index (χ0n) is 11.3. The number of aliphatic carboxylic acids is 1. The fourth-order valence-electron chi connectivity index (χ4n) is 1.96. The van der Waals surface area contributed by atoms with E-state index in [4.69, 9.17) is 10.6 Å². The molecule has 0 aliphatic rings. The highest BCUT2D eigenvalue weighted by molar-refractivity contribution is 5.66. The van der Waals surface area contributed by atoms with Gasteiger partial charge in [-0.3, -0.25) is 4.79 Å². The first-order valence-electron chi connectivity index (χ1n) is 6.37. The van der Waals surface area contributed by atoms with Gasteiger partial charge in [0.1, 0.15) is 0 Å². The summed E-state index contributed by atoms with van der Waals surface area (Å²) in [6.07, 6.45) is 1.32. The molecular formula is C14H19N3O2. The number of carboxylic acid groups (broad SMARTS) is 1. The Kier molecular flexibility index (Phi) is 5.90. The first-order valence-corrected chi connectivity index (χ1v) is 6.37. The van der Waals surface area contributed by atoms with Crippen molar-refractivity contribution in [3.8, 4) is 0 Å². The minimum absolute atomic E-state index is 0.00255. The summed E-state index contributed by atoms with van der Waals surface area (Å²) in [5, 5.41) is 12.4. The molecule has 1 aromatic carbocycles. The largest absolute Gasteiger partial charge is 0.481 e. The summed E-state index contributed by atoms with van der Waals surface area (Å²) in [6.45, 7) is 4.31. The molecule has 5 heteroatoms. The van der Waals surface area contributed by atoms with Crippen molar-refractivity contribution in [3.05, 3.63) is 45.8 Å². The zero-order chi connectivity index (χ0) is 14.3. The lowest BCUT2D eigenvalue weighted by molar-refractivity contribution is -0.137. The molecule has 1 N–H and O–H groups in total. The number of hydrogen-bond donors (Lipinski definition) is 1. The molecular weight excluding hydrogens is 242 g/mol. The van der Waals surface area contributed by atoms with Crippen LogP contribution >= 0.6 is 0 Å². The normalized spacial score (nSPS) is 11.9. The first kappa shape index (κ1) is 15.1. The molecule has 0 spiro atoms. The minimum Gasteiger partial charge on any atom is -0.481 e. The number of nitrogens with zero attached hydrogens (tertiary/aromatic N) is 3. The second-order valence-corrected chi connectivity index (χ2v) is 4.99. The average molecular weight is 261 g/mol. The molecule has 0 heterocycles. The summed E-state index contributed by atoms with van der Waals surface area (Å²) in [5.74, 6) is -0.291. The maximum absolute atomic E-state index is 10.6. The maximum atomic E-state index is 10.6. The Bertz CT molecular complexity index is 462. The van der Waals surface area contributed by atoms with Crippen LogP contribution in [-0.2, 0) is 11.2 Å². The molecule has 102 valence electrons. The van der Waals surface area contributed by atoms with Gasteiger partial charge in [0.2, 0.25) is 0 Å². The highest BCUT2D eigenvalue weighted by Crippen LogP contribution is 2.24. The molecule has 0 amide bonds. The SMILES string of the molecule is CC(C)Cc1ccc(C(CCC(=O)O)N=[N+]=[N-])cc1. The van der Waals surface area contributed by atoms with Crippen LogP contribution in [0.15, 0.2) is 29.4 Å². The number of azide groups is 1. The topological polar surface area (TPSA) is 86.1 Å². The van der Waals surface area contributed by atoms with Crippen LogP contribution in [0.5, 0.6) is 0 Å². The second-order valence-electron chi connectivity index (χ2n) is 4.99. The van der Waals surface area contributed by atoms with Gasteiger partial charge in [-0.05, 0) is 35.4 Å². The van der Waals surface area contributed by atoms with Gasteiger partial charge in [0.15, 0.2) is 0 Å². The smallest absolute Gasteiger partial charge is 0.303 e. The molecule has 0 saturated carbocycles. The van der Waals surface area contributed by atoms with Crippen molar-refractivity contribution in [3.63, 3.8) is 0 Å². The standard InChI is InChI=1S/C14H19N3O2/c1-10(2)9-11-3-5-12(6-4-11)13(16-17-15)7-8-14(18)19/h3-6,10,13H,7-9H2,1-2H3,(H,18,19). The third-order valence-electron chi connectivity index (χ3n) is 2.83. The van der Waals surface area contributed by atoms with Crippen molar-refractivity contribution in [2.45, 2.75) is 39.2 Å². The van der Waals surface area contributed by atoms with Crippen molar-refractivity contribution in [1.82, 2.24) is 0 Å². The lowest BCUT2D eigenvalue weighted by Gasteiger charge is -2.11. The minimum atomic E-state index is -0.880. The van der Waals surface area contributed by atoms with E-state index in [1.54, 1.807) is 0 Å². The van der Waals surface area contributed by atoms with E-state index in [9.17, 15) is 4.79 Å². The summed E-state index contributed by atoms with van der Waals surface area (Å²) < 4.78 is 0. The Morgan fingerprint density at radius 2 is 2.00 bits per heavy atom. The molecule has 5 nitrogen and oxygen atoms in total. The van der Waals surface area contributed by atoms with E-state index in [1.807, 2.05) is 24.3 Å². The molecule has 0 aliphatic heterocycles. The lowest BCUT2D eigenvalue weighted by Crippen LogP contribution is -2.01. The summed E-state index contributed by atoms with van der Waals surface area (Å²) in [6, 6.07) is 7.44. The second kappa shape index (κ2) is 7.44. The van der Waals surface area contributed by atoms with Crippen molar-refractivity contribution in [2.75, 3.05) is 0 Å². The van der Waals surface area contributed by atoms with Crippen molar-refractivity contribution >= 4 is 5.97 Å². The first-order chi connectivity index (χ1) is 9.02. The van der Waals surface area contributed by atoms with Gasteiger partial charge in [-0.2, -0.15) is 0 Å². The molecule has 19 heavy (non-hydrogen) atoms. The van der Waals surface area contributed by atoms with Gasteiger partial charge in [0.25, 0.3) is 0 Å². The molecule has 0 radical (unpaired) electrons. The maximum Gasteiger partial charge on any atom is 0.303 e. The van der Waals surface area contributed by atoms with Gasteiger partial charge in [-0.15, -0.1) is 0 Å². The number of benzene rings is 1. The van der Waals surface area contributed by atoms with Gasteiger partial charge in [0, 0.05) is 11.3 Å². The average Bonchev–Trinajstić information content (AvgIpc) is 2.34. The molecule has 0 aliphatic carbocycles. The monoisotopic (exact) mass is 261 g/mol. The Labute approximate surface area is 112 Å². The predicted molar refractivity (Wildman–Crippen MR) is 73.7 cm³/mol. The van der Waals surface area contributed by atoms with Gasteiger partial charge >= 0.3 is 5.97 Å². The molecule has 0 saturated heterocycles. The number of rotatable bonds is 7. The van der Waals surface area contributed by atoms with Crippen LogP contribution < -0.4 is 0 Å². The highest BCUT2D eigenvalue weighted by atomic mass is 16.4. The summed E-state index contributed by atoms with van der Waals surface area (Å²) in [5.41, 5.74) is 10.6. The Morgan fingerprint density at radius 3 is 2.47 bits per heavy atom. The number of hydrogen-bond acceptors (Lipinski definition) is 2. The van der Waals surface area contributed by atoms with Crippen LogP contribution in [0.25, 0.3) is 10.4 Å². The molecule has 1 rings (SSSR count). The van der Waals surface area contributed by atoms with Crippen LogP contribution in [0.3, 0.4) is 0 Å². The van der Waals surface area contributed by atoms with E-state index >= 15 is 0 Å². The fraction of sp³-hybridized carbons (Fsp3) is 0.500. The summed E-state index contributed by atoms with van der Waals surface area (Å²) >= 11 is 0. The summed E-state index contributed by atoms with van der Waals surface area (Å²) in [4.78, 5) is 13.4. The summed E-state index contributed by atoms with van der Waals surface area (Å²) in [7, 11) is 0. The van der Waals surface area contributed by atoms with E-state index in [-0.39, 0.29) is 6.42 Å². The third-order valence-corrected chi connectivity index (χ3v) is 2.83. The van der Waals surface area contributed by atoms with Gasteiger partial charge in [-0.1, -0.05) is 43.2 Å². The van der Waals surface area contributed by atoms with Crippen LogP contribution in [-0.4, -0.2) is 11.1 Å². The van der Waals surface area contributed by atoms with Crippen LogP contribution in [0.4, 0.5) is 0 Å². The van der Waals surface area contributed by atoms with E-state index in [0.717, 1.165) is 12.0 Å². The molecule has 1 aromatic rings. The number of carbonyl (C=O) groups is 1. The van der Waals surface area contributed by atoms with Crippen LogP contribution in [0.1, 0.15) is 43.9 Å². The van der Waals surface area contributed by atoms with E-state index in [0.29, 0.717) is 12.3 Å². The van der Waals surface area contributed by atoms with Crippen LogP contribution in [0.2, 0.25) is 0 Å². The Hall–Kier alpha value is -2.00.